The highest BCUT2D eigenvalue weighted by Gasteiger charge is 2.10. The van der Waals surface area contributed by atoms with E-state index in [1.54, 1.807) is 18.2 Å². The van der Waals surface area contributed by atoms with Crippen molar-refractivity contribution in [3.63, 3.8) is 0 Å². The van der Waals surface area contributed by atoms with E-state index in [-0.39, 0.29) is 5.43 Å². The molecule has 0 radical (unpaired) electrons. The normalized spacial score (nSPS) is 10.5. The molecule has 5 nitrogen and oxygen atoms in total. The Morgan fingerprint density at radius 2 is 2.00 bits per heavy atom. The van der Waals surface area contributed by atoms with Crippen LogP contribution in [0.15, 0.2) is 33.5 Å². The van der Waals surface area contributed by atoms with Crippen molar-refractivity contribution < 1.29 is 9.15 Å². The maximum absolute atomic E-state index is 12.2. The van der Waals surface area contributed by atoms with Crippen LogP contribution in [-0.4, -0.2) is 19.7 Å². The van der Waals surface area contributed by atoms with E-state index in [0.29, 0.717) is 35.6 Å². The van der Waals surface area contributed by atoms with Gasteiger partial charge >= 0.3 is 0 Å². The molecule has 23 heavy (non-hydrogen) atoms. The van der Waals surface area contributed by atoms with Crippen molar-refractivity contribution in [3.8, 4) is 11.8 Å². The highest BCUT2D eigenvalue weighted by Crippen LogP contribution is 2.23. The lowest BCUT2D eigenvalue weighted by molar-refractivity contribution is 0.307. The minimum atomic E-state index is -0.0475. The Hall–Kier alpha value is -2.48. The van der Waals surface area contributed by atoms with Crippen LogP contribution in [0.2, 0.25) is 0 Å². The first-order chi connectivity index (χ1) is 11.2. The van der Waals surface area contributed by atoms with Crippen molar-refractivity contribution in [3.05, 3.63) is 34.5 Å². The molecule has 0 saturated heterocycles. The van der Waals surface area contributed by atoms with Gasteiger partial charge in [-0.2, -0.15) is 5.26 Å². The van der Waals surface area contributed by atoms with Crippen molar-refractivity contribution in [2.75, 3.05) is 24.6 Å². The van der Waals surface area contributed by atoms with Crippen LogP contribution in [0, 0.1) is 11.3 Å². The summed E-state index contributed by atoms with van der Waals surface area (Å²) in [5.74, 6) is 1.26. The van der Waals surface area contributed by atoms with Crippen molar-refractivity contribution in [2.45, 2.75) is 33.1 Å². The predicted octanol–water partition coefficient (Wildman–Crippen LogP) is 3.71. The number of hydrogen-bond donors (Lipinski definition) is 0. The number of nitriles is 1. The molecule has 1 aromatic carbocycles. The average molecular weight is 314 g/mol. The highest BCUT2D eigenvalue weighted by molar-refractivity contribution is 5.79. The predicted molar refractivity (Wildman–Crippen MR) is 91.0 cm³/mol. The minimum absolute atomic E-state index is 0.0475. The van der Waals surface area contributed by atoms with Crippen LogP contribution in [0.3, 0.4) is 0 Å². The molecule has 0 bridgehead atoms. The second-order valence-electron chi connectivity index (χ2n) is 5.24. The maximum Gasteiger partial charge on any atom is 0.199 e. The highest BCUT2D eigenvalue weighted by atomic mass is 16.5. The number of benzene rings is 1. The van der Waals surface area contributed by atoms with Gasteiger partial charge < -0.3 is 14.1 Å². The number of unbranched alkanes of at least 4 members (excludes halogenated alkanes) is 2. The van der Waals surface area contributed by atoms with E-state index < -0.39 is 0 Å². The number of hydrogen-bond acceptors (Lipinski definition) is 5. The molecule has 0 N–H and O–H groups in total. The van der Waals surface area contributed by atoms with Gasteiger partial charge in [-0.3, -0.25) is 4.79 Å². The molecule has 2 rings (SSSR count). The zero-order valence-electron chi connectivity index (χ0n) is 13.7. The van der Waals surface area contributed by atoms with Gasteiger partial charge in [0, 0.05) is 31.6 Å². The monoisotopic (exact) mass is 314 g/mol. The third-order valence-corrected chi connectivity index (χ3v) is 3.71. The van der Waals surface area contributed by atoms with Crippen molar-refractivity contribution in [1.82, 2.24) is 0 Å². The first-order valence-electron chi connectivity index (χ1n) is 8.02. The Morgan fingerprint density at radius 3 is 2.70 bits per heavy atom. The molecule has 5 heteroatoms. The molecule has 0 aliphatic heterocycles. The topological polar surface area (TPSA) is 66.5 Å². The van der Waals surface area contributed by atoms with E-state index in [9.17, 15) is 4.79 Å². The molecule has 2 aromatic rings. The molecule has 0 spiro atoms. The SMILES string of the molecule is CCN(CC)c1cc(=O)c2ccc(OCCCCC#N)cc2o1. The second-order valence-corrected chi connectivity index (χ2v) is 5.24. The van der Waals surface area contributed by atoms with Gasteiger partial charge in [0.2, 0.25) is 0 Å². The molecule has 0 aliphatic carbocycles. The third-order valence-electron chi connectivity index (χ3n) is 3.71. The van der Waals surface area contributed by atoms with E-state index in [4.69, 9.17) is 14.4 Å². The second kappa shape index (κ2) is 8.23. The van der Waals surface area contributed by atoms with Gasteiger partial charge in [-0.1, -0.05) is 0 Å². The van der Waals surface area contributed by atoms with E-state index in [1.165, 1.54) is 6.07 Å². The lowest BCUT2D eigenvalue weighted by Crippen LogP contribution is -2.23. The Morgan fingerprint density at radius 1 is 1.22 bits per heavy atom. The number of rotatable bonds is 8. The smallest absolute Gasteiger partial charge is 0.199 e. The van der Waals surface area contributed by atoms with E-state index in [0.717, 1.165) is 25.9 Å². The Bertz CT molecular complexity index is 742. The van der Waals surface area contributed by atoms with E-state index >= 15 is 0 Å². The summed E-state index contributed by atoms with van der Waals surface area (Å²) in [6.45, 7) is 6.15. The lowest BCUT2D eigenvalue weighted by atomic mass is 10.2. The summed E-state index contributed by atoms with van der Waals surface area (Å²) in [7, 11) is 0. The average Bonchev–Trinajstić information content (AvgIpc) is 2.55. The molecule has 1 aromatic heterocycles. The van der Waals surface area contributed by atoms with Crippen LogP contribution in [0.4, 0.5) is 5.88 Å². The van der Waals surface area contributed by atoms with Crippen LogP contribution in [-0.2, 0) is 0 Å². The number of ether oxygens (including phenoxy) is 1. The molecule has 0 fully saturated rings. The van der Waals surface area contributed by atoms with Crippen LogP contribution in [0.1, 0.15) is 33.1 Å². The zero-order valence-corrected chi connectivity index (χ0v) is 13.7. The van der Waals surface area contributed by atoms with Crippen LogP contribution in [0.5, 0.6) is 5.75 Å². The summed E-state index contributed by atoms with van der Waals surface area (Å²) in [5, 5.41) is 9.06. The molecule has 0 amide bonds. The molecule has 0 saturated carbocycles. The number of nitrogens with zero attached hydrogens (tertiary/aromatic N) is 2. The van der Waals surface area contributed by atoms with Gasteiger partial charge in [0.15, 0.2) is 11.3 Å². The summed E-state index contributed by atoms with van der Waals surface area (Å²) >= 11 is 0. The summed E-state index contributed by atoms with van der Waals surface area (Å²) in [6, 6.07) is 8.92. The van der Waals surface area contributed by atoms with Gasteiger partial charge in [0.05, 0.1) is 18.1 Å². The molecule has 0 aliphatic rings. The Balaban J connectivity index is 2.20. The van der Waals surface area contributed by atoms with Crippen molar-refractivity contribution in [1.29, 1.82) is 5.26 Å². The maximum atomic E-state index is 12.2. The third kappa shape index (κ3) is 4.26. The van der Waals surface area contributed by atoms with Crippen molar-refractivity contribution in [2.24, 2.45) is 0 Å². The van der Waals surface area contributed by atoms with Gasteiger partial charge in [0.25, 0.3) is 0 Å². The van der Waals surface area contributed by atoms with Crippen LogP contribution < -0.4 is 15.1 Å². The van der Waals surface area contributed by atoms with Crippen LogP contribution in [0.25, 0.3) is 11.0 Å². The number of anilines is 1. The quantitative estimate of drug-likeness (QED) is 0.695. The molecule has 0 unspecified atom stereocenters. The fraction of sp³-hybridized carbons (Fsp3) is 0.444. The molecule has 122 valence electrons. The fourth-order valence-corrected chi connectivity index (χ4v) is 2.40. The molecule has 1 heterocycles. The summed E-state index contributed by atoms with van der Waals surface area (Å²) in [6.07, 6.45) is 2.20. The standard InChI is InChI=1S/C18H22N2O3/c1-3-20(4-2)18-13-16(21)15-9-8-14(12-17(15)23-18)22-11-7-5-6-10-19/h8-9,12-13H,3-7,11H2,1-2H3. The first-order valence-corrected chi connectivity index (χ1v) is 8.02. The Kier molecular flexibility index (Phi) is 6.04. The van der Waals surface area contributed by atoms with Gasteiger partial charge in [-0.25, -0.2) is 0 Å². The van der Waals surface area contributed by atoms with Gasteiger partial charge in [0.1, 0.15) is 11.3 Å². The summed E-state index contributed by atoms with van der Waals surface area (Å²) in [4.78, 5) is 14.2. The molecular formula is C18H22N2O3. The van der Waals surface area contributed by atoms with Gasteiger partial charge in [-0.15, -0.1) is 0 Å². The Labute approximate surface area is 136 Å². The summed E-state index contributed by atoms with van der Waals surface area (Å²) < 4.78 is 11.5. The summed E-state index contributed by atoms with van der Waals surface area (Å²) in [5.41, 5.74) is 0.489. The first kappa shape index (κ1) is 16.9. The lowest BCUT2D eigenvalue weighted by Gasteiger charge is -2.19. The number of fused-ring (bicyclic) bond motifs is 1. The van der Waals surface area contributed by atoms with E-state index in [2.05, 4.69) is 6.07 Å². The largest absolute Gasteiger partial charge is 0.493 e. The molecule has 0 atom stereocenters. The molecular weight excluding hydrogens is 292 g/mol. The van der Waals surface area contributed by atoms with Crippen molar-refractivity contribution >= 4 is 16.9 Å². The van der Waals surface area contributed by atoms with Gasteiger partial charge in [-0.05, 0) is 38.8 Å². The zero-order chi connectivity index (χ0) is 16.7. The van der Waals surface area contributed by atoms with E-state index in [1.807, 2.05) is 18.7 Å². The van der Waals surface area contributed by atoms with Crippen LogP contribution >= 0.6 is 0 Å². The minimum Gasteiger partial charge on any atom is -0.493 e. The fourth-order valence-electron chi connectivity index (χ4n) is 2.40.